The van der Waals surface area contributed by atoms with Crippen LogP contribution in [0.5, 0.6) is 0 Å². The fourth-order valence-corrected chi connectivity index (χ4v) is 5.49. The van der Waals surface area contributed by atoms with Crippen LogP contribution in [0.3, 0.4) is 0 Å². The lowest BCUT2D eigenvalue weighted by Gasteiger charge is -2.33. The van der Waals surface area contributed by atoms with Crippen molar-refractivity contribution in [2.45, 2.75) is 4.90 Å². The van der Waals surface area contributed by atoms with E-state index >= 15 is 0 Å². The fourth-order valence-electron chi connectivity index (χ4n) is 2.90. The normalized spacial score (nSPS) is 16.3. The number of sulfonamides is 1. The molecule has 0 atom stereocenters. The molecule has 0 saturated carbocycles. The first-order valence-corrected chi connectivity index (χ1v) is 10.6. The Labute approximate surface area is 159 Å². The van der Waals surface area contributed by atoms with Crippen molar-refractivity contribution in [1.29, 1.82) is 0 Å². The number of nitrogens with zero attached hydrogens (tertiary/aromatic N) is 3. The van der Waals surface area contributed by atoms with Gasteiger partial charge in [0.05, 0.1) is 15.1 Å². The lowest BCUT2D eigenvalue weighted by atomic mass is 10.3. The maximum Gasteiger partial charge on any atom is 0.243 e. The molecule has 5 nitrogen and oxygen atoms in total. The van der Waals surface area contributed by atoms with Crippen LogP contribution < -0.4 is 4.90 Å². The van der Waals surface area contributed by atoms with Crippen LogP contribution in [-0.4, -0.2) is 43.9 Å². The zero-order valence-corrected chi connectivity index (χ0v) is 16.0. The van der Waals surface area contributed by atoms with Crippen molar-refractivity contribution in [3.05, 3.63) is 53.3 Å². The number of benzene rings is 2. The minimum atomic E-state index is -3.53. The molecule has 0 unspecified atom stereocenters. The highest BCUT2D eigenvalue weighted by atomic mass is 35.5. The second kappa shape index (κ2) is 6.77. The number of anilines is 1. The molecule has 0 aliphatic carbocycles. The van der Waals surface area contributed by atoms with Gasteiger partial charge in [-0.2, -0.15) is 4.31 Å². The van der Waals surface area contributed by atoms with Gasteiger partial charge in [-0.3, -0.25) is 0 Å². The van der Waals surface area contributed by atoms with E-state index in [-0.39, 0.29) is 10.7 Å². The molecule has 2 heterocycles. The Kier molecular flexibility index (Phi) is 4.60. The minimum Gasteiger partial charge on any atom is -0.345 e. The lowest BCUT2D eigenvalue weighted by molar-refractivity contribution is 0.385. The van der Waals surface area contributed by atoms with E-state index in [1.807, 2.05) is 4.90 Å². The van der Waals surface area contributed by atoms with Crippen LogP contribution in [0.2, 0.25) is 5.02 Å². The highest BCUT2D eigenvalue weighted by Crippen LogP contribution is 2.30. The summed E-state index contributed by atoms with van der Waals surface area (Å²) in [6, 6.07) is 10.7. The molecule has 0 N–H and O–H groups in total. The van der Waals surface area contributed by atoms with Gasteiger partial charge < -0.3 is 4.90 Å². The third-order valence-electron chi connectivity index (χ3n) is 4.30. The number of piperazine rings is 1. The van der Waals surface area contributed by atoms with E-state index in [0.717, 1.165) is 15.3 Å². The molecular weight excluding hydrogens is 397 g/mol. The predicted molar refractivity (Wildman–Crippen MR) is 102 cm³/mol. The molecule has 1 fully saturated rings. The number of halogens is 2. The first-order valence-electron chi connectivity index (χ1n) is 8.00. The summed E-state index contributed by atoms with van der Waals surface area (Å²) in [7, 11) is -3.53. The summed E-state index contributed by atoms with van der Waals surface area (Å²) in [4.78, 5) is 6.81. The maximum atomic E-state index is 13.3. The Balaban J connectivity index is 1.50. The molecule has 1 aliphatic rings. The highest BCUT2D eigenvalue weighted by molar-refractivity contribution is 7.89. The van der Waals surface area contributed by atoms with Crippen LogP contribution in [-0.2, 0) is 10.0 Å². The SMILES string of the molecule is O=S(=O)(c1ccc(Cl)cc1)N1CCN(c2nc3ccc(F)cc3s2)CC1. The van der Waals surface area contributed by atoms with E-state index < -0.39 is 10.0 Å². The van der Waals surface area contributed by atoms with Crippen molar-refractivity contribution in [2.75, 3.05) is 31.1 Å². The monoisotopic (exact) mass is 411 g/mol. The van der Waals surface area contributed by atoms with Crippen molar-refractivity contribution in [1.82, 2.24) is 9.29 Å². The van der Waals surface area contributed by atoms with Gasteiger partial charge in [0.1, 0.15) is 5.82 Å². The standard InChI is InChI=1S/C17H15ClFN3O2S2/c18-12-1-4-14(5-2-12)26(23,24)22-9-7-21(8-10-22)17-20-15-6-3-13(19)11-16(15)25-17/h1-6,11H,7-10H2. The molecule has 3 aromatic rings. The molecule has 136 valence electrons. The van der Waals surface area contributed by atoms with Gasteiger partial charge in [-0.25, -0.2) is 17.8 Å². The Hall–Kier alpha value is -1.74. The summed E-state index contributed by atoms with van der Waals surface area (Å²) >= 11 is 7.25. The molecule has 0 bridgehead atoms. The minimum absolute atomic E-state index is 0.241. The third-order valence-corrected chi connectivity index (χ3v) is 7.54. The van der Waals surface area contributed by atoms with Gasteiger partial charge in [0.2, 0.25) is 10.0 Å². The largest absolute Gasteiger partial charge is 0.345 e. The quantitative estimate of drug-likeness (QED) is 0.660. The average molecular weight is 412 g/mol. The molecule has 0 radical (unpaired) electrons. The van der Waals surface area contributed by atoms with E-state index in [4.69, 9.17) is 11.6 Å². The third kappa shape index (κ3) is 3.29. The maximum absolute atomic E-state index is 13.3. The van der Waals surface area contributed by atoms with Crippen LogP contribution in [0, 0.1) is 5.82 Å². The van der Waals surface area contributed by atoms with E-state index in [9.17, 15) is 12.8 Å². The highest BCUT2D eigenvalue weighted by Gasteiger charge is 2.29. The first-order chi connectivity index (χ1) is 12.4. The zero-order valence-electron chi connectivity index (χ0n) is 13.6. The van der Waals surface area contributed by atoms with Gasteiger partial charge in [-0.15, -0.1) is 0 Å². The summed E-state index contributed by atoms with van der Waals surface area (Å²) in [5.41, 5.74) is 0.752. The average Bonchev–Trinajstić information content (AvgIpc) is 3.05. The van der Waals surface area contributed by atoms with Crippen LogP contribution >= 0.6 is 22.9 Å². The summed E-state index contributed by atoms with van der Waals surface area (Å²) in [6.07, 6.45) is 0. The van der Waals surface area contributed by atoms with Crippen molar-refractivity contribution >= 4 is 48.3 Å². The summed E-state index contributed by atoms with van der Waals surface area (Å²) < 4.78 is 41.1. The summed E-state index contributed by atoms with van der Waals surface area (Å²) in [6.45, 7) is 1.81. The zero-order chi connectivity index (χ0) is 18.3. The van der Waals surface area contributed by atoms with Crippen molar-refractivity contribution in [2.24, 2.45) is 0 Å². The van der Waals surface area contributed by atoms with Gasteiger partial charge >= 0.3 is 0 Å². The number of hydrogen-bond acceptors (Lipinski definition) is 5. The van der Waals surface area contributed by atoms with Crippen LogP contribution in [0.4, 0.5) is 9.52 Å². The predicted octanol–water partition coefficient (Wildman–Crippen LogP) is 3.60. The van der Waals surface area contributed by atoms with Crippen LogP contribution in [0.15, 0.2) is 47.4 Å². The van der Waals surface area contributed by atoms with E-state index in [2.05, 4.69) is 4.98 Å². The smallest absolute Gasteiger partial charge is 0.243 e. The topological polar surface area (TPSA) is 53.5 Å². The number of hydrogen-bond donors (Lipinski definition) is 0. The number of fused-ring (bicyclic) bond motifs is 1. The Morgan fingerprint density at radius 3 is 2.42 bits per heavy atom. The molecule has 1 saturated heterocycles. The molecule has 2 aromatic carbocycles. The lowest BCUT2D eigenvalue weighted by Crippen LogP contribution is -2.48. The van der Waals surface area contributed by atoms with Gasteiger partial charge in [0.15, 0.2) is 5.13 Å². The molecule has 1 aromatic heterocycles. The van der Waals surface area contributed by atoms with E-state index in [1.165, 1.54) is 39.9 Å². The van der Waals surface area contributed by atoms with Crippen molar-refractivity contribution in [3.63, 3.8) is 0 Å². The second-order valence-electron chi connectivity index (χ2n) is 5.95. The van der Waals surface area contributed by atoms with Crippen molar-refractivity contribution < 1.29 is 12.8 Å². The second-order valence-corrected chi connectivity index (χ2v) is 9.34. The van der Waals surface area contributed by atoms with E-state index in [1.54, 1.807) is 18.2 Å². The first kappa shape index (κ1) is 17.7. The molecular formula is C17H15ClFN3O2S2. The van der Waals surface area contributed by atoms with Crippen LogP contribution in [0.25, 0.3) is 10.2 Å². The van der Waals surface area contributed by atoms with Gasteiger partial charge in [-0.05, 0) is 42.5 Å². The van der Waals surface area contributed by atoms with Gasteiger partial charge in [-0.1, -0.05) is 22.9 Å². The number of aromatic nitrogens is 1. The van der Waals surface area contributed by atoms with Crippen molar-refractivity contribution in [3.8, 4) is 0 Å². The Morgan fingerprint density at radius 2 is 1.73 bits per heavy atom. The summed E-state index contributed by atoms with van der Waals surface area (Å²) in [5, 5.41) is 1.29. The number of thiazole rings is 1. The van der Waals surface area contributed by atoms with Gasteiger partial charge in [0.25, 0.3) is 0 Å². The number of rotatable bonds is 3. The Bertz CT molecular complexity index is 1050. The van der Waals surface area contributed by atoms with E-state index in [0.29, 0.717) is 31.2 Å². The molecule has 4 rings (SSSR count). The van der Waals surface area contributed by atoms with Crippen LogP contribution in [0.1, 0.15) is 0 Å². The molecule has 1 aliphatic heterocycles. The molecule has 9 heteroatoms. The molecule has 0 amide bonds. The molecule has 0 spiro atoms. The fraction of sp³-hybridized carbons (Fsp3) is 0.235. The Morgan fingerprint density at radius 1 is 1.04 bits per heavy atom. The van der Waals surface area contributed by atoms with Gasteiger partial charge in [0, 0.05) is 31.2 Å². The summed E-state index contributed by atoms with van der Waals surface area (Å²) in [5.74, 6) is -0.286. The molecule has 26 heavy (non-hydrogen) atoms.